The van der Waals surface area contributed by atoms with Crippen LogP contribution in [0.4, 0.5) is 5.69 Å². The third-order valence-electron chi connectivity index (χ3n) is 8.00. The summed E-state index contributed by atoms with van der Waals surface area (Å²) in [6, 6.07) is 25.4. The number of thiocarbonyl (C=S) groups is 1. The fourth-order valence-corrected chi connectivity index (χ4v) is 6.26. The largest absolute Gasteiger partial charge is 0.477 e. The summed E-state index contributed by atoms with van der Waals surface area (Å²) in [4.78, 5) is 51.5. The van der Waals surface area contributed by atoms with Crippen molar-refractivity contribution in [2.24, 2.45) is 4.99 Å². The molecule has 45 heavy (non-hydrogen) atoms. The van der Waals surface area contributed by atoms with Gasteiger partial charge in [0.1, 0.15) is 22.9 Å². The number of nitrogens with zero attached hydrogens (tertiary/aromatic N) is 4. The Kier molecular flexibility index (Phi) is 9.59. The Morgan fingerprint density at radius 3 is 2.31 bits per heavy atom. The normalized spacial score (nSPS) is 16.6. The maximum Gasteiger partial charge on any atom is 0.350 e. The van der Waals surface area contributed by atoms with Crippen molar-refractivity contribution in [1.82, 2.24) is 9.88 Å². The number of carboxylic acid groups (broad SMARTS) is 1. The van der Waals surface area contributed by atoms with Crippen molar-refractivity contribution in [1.29, 1.82) is 0 Å². The molecule has 2 heterocycles. The molecule has 1 saturated heterocycles. The minimum Gasteiger partial charge on any atom is -0.477 e. The number of aliphatic carboxylic acids is 1. The van der Waals surface area contributed by atoms with E-state index in [1.807, 2.05) is 74.5 Å². The number of amides is 2. The molecule has 0 saturated carbocycles. The highest BCUT2D eigenvalue weighted by atomic mass is 32.1. The molecule has 4 aromatic rings. The first-order valence-electron chi connectivity index (χ1n) is 14.8. The molecule has 1 N–H and O–H groups in total. The highest BCUT2D eigenvalue weighted by Gasteiger charge is 2.48. The molecule has 8 nitrogen and oxygen atoms in total. The van der Waals surface area contributed by atoms with Crippen LogP contribution in [0.15, 0.2) is 102 Å². The molecule has 1 aliphatic rings. The van der Waals surface area contributed by atoms with Crippen molar-refractivity contribution in [3.63, 3.8) is 0 Å². The second-order valence-corrected chi connectivity index (χ2v) is 11.4. The van der Waals surface area contributed by atoms with Gasteiger partial charge in [0, 0.05) is 43.4 Å². The second-order valence-electron chi connectivity index (χ2n) is 11.0. The first-order chi connectivity index (χ1) is 21.7. The van der Waals surface area contributed by atoms with Gasteiger partial charge in [0.2, 0.25) is 5.91 Å². The Morgan fingerprint density at radius 1 is 0.956 bits per heavy atom. The van der Waals surface area contributed by atoms with E-state index in [2.05, 4.69) is 9.98 Å². The van der Waals surface area contributed by atoms with Gasteiger partial charge in [-0.2, -0.15) is 0 Å². The number of aliphatic imine (C=N–C) groups is 1. The number of rotatable bonds is 9. The molecule has 0 bridgehead atoms. The van der Waals surface area contributed by atoms with Gasteiger partial charge in [0.05, 0.1) is 0 Å². The summed E-state index contributed by atoms with van der Waals surface area (Å²) in [5.74, 6) is -1.58. The fraction of sp³-hybridized carbons (Fsp3) is 0.222. The fourth-order valence-electron chi connectivity index (χ4n) is 5.86. The first kappa shape index (κ1) is 31.4. The van der Waals surface area contributed by atoms with Crippen molar-refractivity contribution in [3.8, 4) is 0 Å². The van der Waals surface area contributed by atoms with Crippen LogP contribution in [0.2, 0.25) is 0 Å². The number of anilines is 1. The Bertz CT molecular complexity index is 1760. The van der Waals surface area contributed by atoms with Crippen LogP contribution in [0.1, 0.15) is 53.4 Å². The maximum absolute atomic E-state index is 14.1. The summed E-state index contributed by atoms with van der Waals surface area (Å²) < 4.78 is 0. The number of hydrogen-bond donors (Lipinski definition) is 1. The molecular weight excluding hydrogens is 584 g/mol. The minimum atomic E-state index is -1.15. The molecule has 2 atom stereocenters. The van der Waals surface area contributed by atoms with Crippen molar-refractivity contribution in [3.05, 3.63) is 131 Å². The van der Waals surface area contributed by atoms with E-state index in [9.17, 15) is 19.5 Å². The van der Waals surface area contributed by atoms with Gasteiger partial charge in [-0.3, -0.25) is 19.5 Å². The Hall–Kier alpha value is -5.02. The number of aryl methyl sites for hydroxylation is 2. The van der Waals surface area contributed by atoms with Gasteiger partial charge in [-0.15, -0.1) is 0 Å². The van der Waals surface area contributed by atoms with E-state index in [0.717, 1.165) is 34.2 Å². The molecular formula is C36H34N4O4S. The first-order valence-corrected chi connectivity index (χ1v) is 15.2. The number of carboxylic acids is 1. The predicted octanol–water partition coefficient (Wildman–Crippen LogP) is 5.90. The molecule has 9 heteroatoms. The van der Waals surface area contributed by atoms with E-state index in [1.54, 1.807) is 46.5 Å². The number of benzene rings is 3. The smallest absolute Gasteiger partial charge is 0.350 e. The molecule has 1 fully saturated rings. The van der Waals surface area contributed by atoms with Gasteiger partial charge in [0.15, 0.2) is 0 Å². The standard InChI is InChI=1S/C36H34N4O4S/c1-4-27-14-8-10-23(2)32(27)33(45)38-30(36(43)44)20-25-15-17-29(18-16-25)40-34(28-12-6-5-7-13-28)39(24(3)41)31(35(40)42)21-26-11-9-19-37-22-26/h5-19,22,31,34H,4,20-21H2,1-3H3,(H,43,44). The zero-order valence-electron chi connectivity index (χ0n) is 25.4. The third kappa shape index (κ3) is 6.73. The zero-order valence-corrected chi connectivity index (χ0v) is 26.2. The summed E-state index contributed by atoms with van der Waals surface area (Å²) in [7, 11) is 0. The van der Waals surface area contributed by atoms with Crippen LogP contribution in [0.5, 0.6) is 0 Å². The molecule has 0 spiro atoms. The van der Waals surface area contributed by atoms with Gasteiger partial charge in [-0.25, -0.2) is 9.79 Å². The zero-order chi connectivity index (χ0) is 32.1. The molecule has 3 aromatic carbocycles. The van der Waals surface area contributed by atoms with Gasteiger partial charge in [0.25, 0.3) is 5.91 Å². The van der Waals surface area contributed by atoms with Crippen molar-refractivity contribution in [2.45, 2.75) is 52.2 Å². The Balaban J connectivity index is 1.47. The van der Waals surface area contributed by atoms with Gasteiger partial charge in [-0.05, 0) is 59.4 Å². The van der Waals surface area contributed by atoms with Crippen molar-refractivity contribution >= 4 is 46.4 Å². The van der Waals surface area contributed by atoms with Crippen LogP contribution < -0.4 is 4.90 Å². The van der Waals surface area contributed by atoms with E-state index < -0.39 is 18.2 Å². The highest BCUT2D eigenvalue weighted by molar-refractivity contribution is 7.80. The van der Waals surface area contributed by atoms with Crippen molar-refractivity contribution in [2.75, 3.05) is 4.90 Å². The average molecular weight is 619 g/mol. The summed E-state index contributed by atoms with van der Waals surface area (Å²) in [5, 5.41) is 10.00. The lowest BCUT2D eigenvalue weighted by Gasteiger charge is -2.31. The number of aromatic nitrogens is 1. The van der Waals surface area contributed by atoms with E-state index in [4.69, 9.17) is 12.2 Å². The van der Waals surface area contributed by atoms with E-state index in [0.29, 0.717) is 17.7 Å². The van der Waals surface area contributed by atoms with Crippen LogP contribution in [0.25, 0.3) is 0 Å². The number of carbonyl (C=O) groups excluding carboxylic acids is 2. The van der Waals surface area contributed by atoms with E-state index in [1.165, 1.54) is 6.92 Å². The van der Waals surface area contributed by atoms with Crippen molar-refractivity contribution < 1.29 is 19.5 Å². The SMILES string of the molecule is CCc1cccc(C)c1C(=S)N=C(Cc1ccc(N2C(=O)C(Cc3cccnc3)N(C(C)=O)C2c2ccccc2)cc1)C(=O)O. The third-order valence-corrected chi connectivity index (χ3v) is 8.30. The van der Waals surface area contributed by atoms with E-state index in [-0.39, 0.29) is 28.9 Å². The average Bonchev–Trinajstić information content (AvgIpc) is 3.33. The lowest BCUT2D eigenvalue weighted by atomic mass is 10.00. The molecule has 5 rings (SSSR count). The Labute approximate surface area is 268 Å². The summed E-state index contributed by atoms with van der Waals surface area (Å²) in [6.45, 7) is 5.43. The van der Waals surface area contributed by atoms with Gasteiger partial charge >= 0.3 is 5.97 Å². The second kappa shape index (κ2) is 13.7. The predicted molar refractivity (Wildman–Crippen MR) is 178 cm³/mol. The topological polar surface area (TPSA) is 103 Å². The summed E-state index contributed by atoms with van der Waals surface area (Å²) >= 11 is 5.60. The van der Waals surface area contributed by atoms with Gasteiger partial charge in [-0.1, -0.05) is 85.9 Å². The maximum atomic E-state index is 14.1. The highest BCUT2D eigenvalue weighted by Crippen LogP contribution is 2.39. The van der Waals surface area contributed by atoms with Crippen LogP contribution in [0, 0.1) is 6.92 Å². The molecule has 1 aliphatic heterocycles. The van der Waals surface area contributed by atoms with Crippen LogP contribution in [-0.2, 0) is 33.6 Å². The number of pyridine rings is 1. The lowest BCUT2D eigenvalue weighted by molar-refractivity contribution is -0.134. The summed E-state index contributed by atoms with van der Waals surface area (Å²) in [5.41, 5.74) is 5.62. The van der Waals surface area contributed by atoms with Crippen LogP contribution in [0.3, 0.4) is 0 Å². The molecule has 228 valence electrons. The molecule has 2 amide bonds. The van der Waals surface area contributed by atoms with Crippen LogP contribution in [-0.4, -0.2) is 49.5 Å². The molecule has 0 aliphatic carbocycles. The van der Waals surface area contributed by atoms with Gasteiger partial charge < -0.3 is 10.0 Å². The summed E-state index contributed by atoms with van der Waals surface area (Å²) in [6.07, 6.45) is 3.84. The monoisotopic (exact) mass is 618 g/mol. The lowest BCUT2D eigenvalue weighted by Crippen LogP contribution is -2.39. The van der Waals surface area contributed by atoms with E-state index >= 15 is 0 Å². The molecule has 1 aromatic heterocycles. The Morgan fingerprint density at radius 2 is 1.69 bits per heavy atom. The number of hydrogen-bond acceptors (Lipinski definition) is 5. The minimum absolute atomic E-state index is 0.0440. The number of carbonyl (C=O) groups is 3. The molecule has 0 radical (unpaired) electrons. The quantitative estimate of drug-likeness (QED) is 0.185. The molecule has 2 unspecified atom stereocenters. The van der Waals surface area contributed by atoms with Crippen LogP contribution >= 0.6 is 12.2 Å².